The Kier molecular flexibility index (Phi) is 4.92. The molecule has 1 amide bonds. The normalized spacial score (nSPS) is 16.9. The van der Waals surface area contributed by atoms with Crippen molar-refractivity contribution in [3.63, 3.8) is 0 Å². The molecule has 6 nitrogen and oxygen atoms in total. The van der Waals surface area contributed by atoms with Crippen LogP contribution in [0.5, 0.6) is 0 Å². The molecule has 3 N–H and O–H groups in total. The number of nitrogens with zero attached hydrogens (tertiary/aromatic N) is 2. The zero-order valence-corrected chi connectivity index (χ0v) is 13.1. The van der Waals surface area contributed by atoms with Gasteiger partial charge in [0, 0.05) is 18.4 Å². The second-order valence-electron chi connectivity index (χ2n) is 5.80. The lowest BCUT2D eigenvalue weighted by molar-refractivity contribution is 0.0995. The molecule has 1 aliphatic heterocycles. The van der Waals surface area contributed by atoms with E-state index in [1.54, 1.807) is 18.5 Å². The number of hydrogen-bond acceptors (Lipinski definition) is 5. The lowest BCUT2D eigenvalue weighted by atomic mass is 10.1. The Morgan fingerprint density at radius 1 is 1.35 bits per heavy atom. The lowest BCUT2D eigenvalue weighted by Crippen LogP contribution is -2.37. The molecule has 23 heavy (non-hydrogen) atoms. The summed E-state index contributed by atoms with van der Waals surface area (Å²) in [4.78, 5) is 17.6. The highest BCUT2D eigenvalue weighted by Gasteiger charge is 2.24. The number of aromatic nitrogens is 1. The van der Waals surface area contributed by atoms with E-state index in [1.807, 2.05) is 18.2 Å². The summed E-state index contributed by atoms with van der Waals surface area (Å²) in [7, 11) is 0. The topological polar surface area (TPSA) is 84.4 Å². The summed E-state index contributed by atoms with van der Waals surface area (Å²) in [5.74, 6) is 0.441. The minimum Gasteiger partial charge on any atom is -0.468 e. The molecule has 2 aromatic heterocycles. The van der Waals surface area contributed by atoms with E-state index >= 15 is 0 Å². The minimum absolute atomic E-state index is 0.176. The molecule has 1 unspecified atom stereocenters. The van der Waals surface area contributed by atoms with Crippen molar-refractivity contribution in [2.45, 2.75) is 25.3 Å². The van der Waals surface area contributed by atoms with Crippen LogP contribution in [0.1, 0.15) is 41.6 Å². The molecule has 3 heterocycles. The number of nitrogens with one attached hydrogen (secondary N) is 1. The standard InChI is InChI=1S/C17H22N4O2/c18-17(22)14-11-13(6-7-19-14)20-12-15(16-5-4-10-23-16)21-8-2-1-3-9-21/h4-7,10-11,15H,1-3,8-9,12H2,(H2,18,22)(H,19,20). The predicted molar refractivity (Wildman–Crippen MR) is 88.1 cm³/mol. The number of likely N-dealkylation sites (tertiary alicyclic amines) is 1. The van der Waals surface area contributed by atoms with Gasteiger partial charge in [-0.2, -0.15) is 0 Å². The monoisotopic (exact) mass is 314 g/mol. The maximum atomic E-state index is 11.2. The van der Waals surface area contributed by atoms with E-state index in [1.165, 1.54) is 19.3 Å². The summed E-state index contributed by atoms with van der Waals surface area (Å²) in [5.41, 5.74) is 6.38. The molecule has 0 bridgehead atoms. The quantitative estimate of drug-likeness (QED) is 0.855. The van der Waals surface area contributed by atoms with E-state index < -0.39 is 5.91 Å². The predicted octanol–water partition coefficient (Wildman–Crippen LogP) is 2.41. The van der Waals surface area contributed by atoms with Crippen molar-refractivity contribution in [3.8, 4) is 0 Å². The lowest BCUT2D eigenvalue weighted by Gasteiger charge is -2.33. The molecule has 0 spiro atoms. The highest BCUT2D eigenvalue weighted by atomic mass is 16.3. The number of rotatable bonds is 6. The SMILES string of the molecule is NC(=O)c1cc(NCC(c2ccco2)N2CCCCC2)ccn1. The van der Waals surface area contributed by atoms with Gasteiger partial charge in [-0.05, 0) is 50.2 Å². The largest absolute Gasteiger partial charge is 0.468 e. The molecule has 1 saturated heterocycles. The van der Waals surface area contributed by atoms with Gasteiger partial charge in [0.15, 0.2) is 0 Å². The molecular formula is C17H22N4O2. The van der Waals surface area contributed by atoms with E-state index in [4.69, 9.17) is 10.2 Å². The van der Waals surface area contributed by atoms with E-state index in [0.29, 0.717) is 6.54 Å². The van der Waals surface area contributed by atoms with Crippen molar-refractivity contribution < 1.29 is 9.21 Å². The Morgan fingerprint density at radius 2 is 2.17 bits per heavy atom. The molecule has 0 radical (unpaired) electrons. The fourth-order valence-corrected chi connectivity index (χ4v) is 3.01. The van der Waals surface area contributed by atoms with Crippen LogP contribution in [0.15, 0.2) is 41.1 Å². The highest BCUT2D eigenvalue weighted by molar-refractivity contribution is 5.91. The maximum absolute atomic E-state index is 11.2. The average Bonchev–Trinajstić information content (AvgIpc) is 3.11. The molecule has 2 aromatic rings. The van der Waals surface area contributed by atoms with E-state index in [9.17, 15) is 4.79 Å². The Balaban J connectivity index is 1.71. The average molecular weight is 314 g/mol. The van der Waals surface area contributed by atoms with Crippen LogP contribution in [-0.4, -0.2) is 35.4 Å². The van der Waals surface area contributed by atoms with Crippen molar-refractivity contribution in [3.05, 3.63) is 48.2 Å². The fourth-order valence-electron chi connectivity index (χ4n) is 3.01. The molecule has 3 rings (SSSR count). The number of nitrogens with two attached hydrogens (primary N) is 1. The van der Waals surface area contributed by atoms with Gasteiger partial charge in [0.25, 0.3) is 5.91 Å². The molecule has 0 aliphatic carbocycles. The van der Waals surface area contributed by atoms with Gasteiger partial charge in [0.2, 0.25) is 0 Å². The Bertz CT molecular complexity index is 636. The molecule has 1 atom stereocenters. The summed E-state index contributed by atoms with van der Waals surface area (Å²) >= 11 is 0. The van der Waals surface area contributed by atoms with Crippen molar-refractivity contribution in [1.82, 2.24) is 9.88 Å². The number of primary amides is 1. The fraction of sp³-hybridized carbons (Fsp3) is 0.412. The maximum Gasteiger partial charge on any atom is 0.267 e. The van der Waals surface area contributed by atoms with Crippen LogP contribution in [0, 0.1) is 0 Å². The number of furan rings is 1. The van der Waals surface area contributed by atoms with Gasteiger partial charge < -0.3 is 15.5 Å². The zero-order valence-electron chi connectivity index (χ0n) is 13.1. The number of carbonyl (C=O) groups is 1. The van der Waals surface area contributed by atoms with Crippen molar-refractivity contribution >= 4 is 11.6 Å². The Labute approximate surface area is 135 Å². The number of anilines is 1. The Hall–Kier alpha value is -2.34. The van der Waals surface area contributed by atoms with Crippen LogP contribution in [0.3, 0.4) is 0 Å². The van der Waals surface area contributed by atoms with Gasteiger partial charge in [-0.15, -0.1) is 0 Å². The number of hydrogen-bond donors (Lipinski definition) is 2. The van der Waals surface area contributed by atoms with Crippen molar-refractivity contribution in [2.75, 3.05) is 25.0 Å². The van der Waals surface area contributed by atoms with Gasteiger partial charge in [0.1, 0.15) is 11.5 Å². The smallest absolute Gasteiger partial charge is 0.267 e. The number of piperidine rings is 1. The van der Waals surface area contributed by atoms with Gasteiger partial charge in [-0.25, -0.2) is 0 Å². The zero-order chi connectivity index (χ0) is 16.1. The molecule has 1 fully saturated rings. The number of amides is 1. The molecule has 0 saturated carbocycles. The first-order chi connectivity index (χ1) is 11.2. The highest BCUT2D eigenvalue weighted by Crippen LogP contribution is 2.25. The van der Waals surface area contributed by atoms with E-state index in [2.05, 4.69) is 15.2 Å². The first-order valence-electron chi connectivity index (χ1n) is 8.01. The first-order valence-corrected chi connectivity index (χ1v) is 8.01. The van der Waals surface area contributed by atoms with Crippen LogP contribution in [0.4, 0.5) is 5.69 Å². The molecular weight excluding hydrogens is 292 g/mol. The summed E-state index contributed by atoms with van der Waals surface area (Å²) in [6.45, 7) is 2.86. The molecule has 1 aliphatic rings. The Morgan fingerprint density at radius 3 is 2.87 bits per heavy atom. The summed E-state index contributed by atoms with van der Waals surface area (Å²) in [6, 6.07) is 7.63. The van der Waals surface area contributed by atoms with Gasteiger partial charge in [-0.3, -0.25) is 14.7 Å². The molecule has 122 valence electrons. The summed E-state index contributed by atoms with van der Waals surface area (Å²) < 4.78 is 5.63. The van der Waals surface area contributed by atoms with Crippen LogP contribution >= 0.6 is 0 Å². The third-order valence-corrected chi connectivity index (χ3v) is 4.21. The van der Waals surface area contributed by atoms with E-state index in [0.717, 1.165) is 24.5 Å². The molecule has 0 aromatic carbocycles. The number of pyridine rings is 1. The van der Waals surface area contributed by atoms with Crippen LogP contribution < -0.4 is 11.1 Å². The second kappa shape index (κ2) is 7.28. The van der Waals surface area contributed by atoms with Gasteiger partial charge in [0.05, 0.1) is 12.3 Å². The third-order valence-electron chi connectivity index (χ3n) is 4.21. The molecule has 6 heteroatoms. The number of carbonyl (C=O) groups excluding carboxylic acids is 1. The second-order valence-corrected chi connectivity index (χ2v) is 5.80. The van der Waals surface area contributed by atoms with Gasteiger partial charge in [-0.1, -0.05) is 6.42 Å². The minimum atomic E-state index is -0.521. The summed E-state index contributed by atoms with van der Waals surface area (Å²) in [6.07, 6.45) is 7.03. The summed E-state index contributed by atoms with van der Waals surface area (Å²) in [5, 5.41) is 3.38. The van der Waals surface area contributed by atoms with Crippen LogP contribution in [0.25, 0.3) is 0 Å². The first kappa shape index (κ1) is 15.6. The van der Waals surface area contributed by atoms with Crippen LogP contribution in [0.2, 0.25) is 0 Å². The van der Waals surface area contributed by atoms with Crippen molar-refractivity contribution in [1.29, 1.82) is 0 Å². The van der Waals surface area contributed by atoms with Gasteiger partial charge >= 0.3 is 0 Å². The van der Waals surface area contributed by atoms with Crippen LogP contribution in [-0.2, 0) is 0 Å². The van der Waals surface area contributed by atoms with Crippen molar-refractivity contribution in [2.24, 2.45) is 5.73 Å². The third kappa shape index (κ3) is 3.90. The van der Waals surface area contributed by atoms with E-state index in [-0.39, 0.29) is 11.7 Å².